The average Bonchev–Trinajstić information content (AvgIpc) is 3.25. The van der Waals surface area contributed by atoms with Gasteiger partial charge >= 0.3 is 0 Å². The van der Waals surface area contributed by atoms with Gasteiger partial charge in [-0.15, -0.1) is 0 Å². The molecule has 1 amide bonds. The Morgan fingerprint density at radius 2 is 2.10 bits per heavy atom. The normalized spacial score (nSPS) is 16.0. The fraction of sp³-hybridized carbons (Fsp3) is 0.562. The summed E-state index contributed by atoms with van der Waals surface area (Å²) in [6.07, 6.45) is 2.25. The first-order valence-corrected chi connectivity index (χ1v) is 7.35. The number of nitrogens with zero attached hydrogens (tertiary/aromatic N) is 1. The summed E-state index contributed by atoms with van der Waals surface area (Å²) in [6.45, 7) is 3.48. The number of methoxy groups -OCH3 is 1. The van der Waals surface area contributed by atoms with Gasteiger partial charge in [-0.3, -0.25) is 9.69 Å². The van der Waals surface area contributed by atoms with Crippen LogP contribution in [0.2, 0.25) is 0 Å². The lowest BCUT2D eigenvalue weighted by Crippen LogP contribution is -2.43. The Hall–Kier alpha value is -1.46. The van der Waals surface area contributed by atoms with Crippen LogP contribution in [-0.2, 0) is 16.1 Å². The van der Waals surface area contributed by atoms with Crippen molar-refractivity contribution in [1.29, 1.82) is 0 Å². The van der Waals surface area contributed by atoms with Gasteiger partial charge in [-0.05, 0) is 37.5 Å². The maximum atomic E-state index is 12.9. The second kappa shape index (κ2) is 7.52. The smallest absolute Gasteiger partial charge is 0.234 e. The van der Waals surface area contributed by atoms with Crippen LogP contribution in [0.1, 0.15) is 25.3 Å². The van der Waals surface area contributed by atoms with Gasteiger partial charge in [0.1, 0.15) is 5.82 Å². The molecule has 1 aliphatic carbocycles. The van der Waals surface area contributed by atoms with Crippen LogP contribution in [0, 0.1) is 5.82 Å². The molecule has 0 aromatic heterocycles. The van der Waals surface area contributed by atoms with Crippen LogP contribution in [0.4, 0.5) is 4.39 Å². The van der Waals surface area contributed by atoms with E-state index in [2.05, 4.69) is 10.2 Å². The fourth-order valence-corrected chi connectivity index (χ4v) is 2.37. The van der Waals surface area contributed by atoms with Crippen molar-refractivity contribution in [3.05, 3.63) is 35.6 Å². The maximum absolute atomic E-state index is 12.9. The highest BCUT2D eigenvalue weighted by molar-refractivity contribution is 5.78. The van der Waals surface area contributed by atoms with E-state index in [-0.39, 0.29) is 17.8 Å². The first-order chi connectivity index (χ1) is 10.1. The molecule has 2 rings (SSSR count). The zero-order chi connectivity index (χ0) is 15.2. The number of ether oxygens (including phenoxy) is 1. The van der Waals surface area contributed by atoms with Gasteiger partial charge in [0.05, 0.1) is 13.2 Å². The molecule has 1 N–H and O–H groups in total. The zero-order valence-corrected chi connectivity index (χ0v) is 12.6. The van der Waals surface area contributed by atoms with Crippen LogP contribution in [0.5, 0.6) is 0 Å². The van der Waals surface area contributed by atoms with E-state index < -0.39 is 0 Å². The number of halogens is 1. The lowest BCUT2D eigenvalue weighted by molar-refractivity contribution is -0.123. The van der Waals surface area contributed by atoms with E-state index >= 15 is 0 Å². The number of nitrogens with one attached hydrogen (secondary N) is 1. The largest absolute Gasteiger partial charge is 0.383 e. The van der Waals surface area contributed by atoms with Gasteiger partial charge in [0, 0.05) is 25.7 Å². The summed E-state index contributed by atoms with van der Waals surface area (Å²) in [5.74, 6) is -0.226. The van der Waals surface area contributed by atoms with E-state index in [1.807, 2.05) is 6.92 Å². The summed E-state index contributed by atoms with van der Waals surface area (Å²) < 4.78 is 17.9. The van der Waals surface area contributed by atoms with Crippen molar-refractivity contribution in [2.24, 2.45) is 0 Å². The van der Waals surface area contributed by atoms with Gasteiger partial charge in [0.15, 0.2) is 0 Å². The van der Waals surface area contributed by atoms with Gasteiger partial charge in [-0.1, -0.05) is 12.1 Å². The maximum Gasteiger partial charge on any atom is 0.234 e. The molecule has 0 spiro atoms. The monoisotopic (exact) mass is 294 g/mol. The molecule has 0 saturated heterocycles. The van der Waals surface area contributed by atoms with E-state index in [1.165, 1.54) is 12.1 Å². The number of amides is 1. The van der Waals surface area contributed by atoms with Gasteiger partial charge in [-0.25, -0.2) is 4.39 Å². The summed E-state index contributed by atoms with van der Waals surface area (Å²) >= 11 is 0. The summed E-state index contributed by atoms with van der Waals surface area (Å²) in [7, 11) is 1.62. The molecule has 1 aromatic carbocycles. The lowest BCUT2D eigenvalue weighted by Gasteiger charge is -2.22. The van der Waals surface area contributed by atoms with Gasteiger partial charge in [0.25, 0.3) is 0 Å². The molecule has 21 heavy (non-hydrogen) atoms. The number of hydrogen-bond acceptors (Lipinski definition) is 3. The highest BCUT2D eigenvalue weighted by Gasteiger charge is 2.30. The van der Waals surface area contributed by atoms with Crippen molar-refractivity contribution < 1.29 is 13.9 Å². The molecule has 0 aliphatic heterocycles. The Kier molecular flexibility index (Phi) is 5.70. The minimum atomic E-state index is -0.233. The van der Waals surface area contributed by atoms with Gasteiger partial charge in [-0.2, -0.15) is 0 Å². The highest BCUT2D eigenvalue weighted by atomic mass is 19.1. The van der Waals surface area contributed by atoms with E-state index in [0.29, 0.717) is 25.7 Å². The Balaban J connectivity index is 1.87. The van der Waals surface area contributed by atoms with E-state index in [4.69, 9.17) is 4.74 Å². The minimum Gasteiger partial charge on any atom is -0.383 e. The molecule has 1 fully saturated rings. The van der Waals surface area contributed by atoms with Gasteiger partial charge < -0.3 is 10.1 Å². The summed E-state index contributed by atoms with van der Waals surface area (Å²) in [6, 6.07) is 6.95. The fourth-order valence-electron chi connectivity index (χ4n) is 2.37. The third kappa shape index (κ3) is 5.44. The predicted octanol–water partition coefficient (Wildman–Crippen LogP) is 1.94. The van der Waals surface area contributed by atoms with Crippen LogP contribution in [0.3, 0.4) is 0 Å². The Bertz CT molecular complexity index is 460. The first-order valence-electron chi connectivity index (χ1n) is 7.35. The molecule has 4 nitrogen and oxygen atoms in total. The van der Waals surface area contributed by atoms with Crippen molar-refractivity contribution in [1.82, 2.24) is 10.2 Å². The molecule has 1 atom stereocenters. The molecule has 0 unspecified atom stereocenters. The second-order valence-corrected chi connectivity index (χ2v) is 5.69. The number of rotatable bonds is 8. The predicted molar refractivity (Wildman–Crippen MR) is 79.3 cm³/mol. The Labute approximate surface area is 125 Å². The molecule has 116 valence electrons. The third-order valence-electron chi connectivity index (χ3n) is 3.53. The summed E-state index contributed by atoms with van der Waals surface area (Å²) in [4.78, 5) is 14.2. The van der Waals surface area contributed by atoms with Crippen molar-refractivity contribution in [3.63, 3.8) is 0 Å². The van der Waals surface area contributed by atoms with Crippen molar-refractivity contribution in [2.75, 3.05) is 20.3 Å². The second-order valence-electron chi connectivity index (χ2n) is 5.69. The molecule has 0 heterocycles. The van der Waals surface area contributed by atoms with Crippen molar-refractivity contribution >= 4 is 5.91 Å². The van der Waals surface area contributed by atoms with Gasteiger partial charge in [0.2, 0.25) is 5.91 Å². The summed E-state index contributed by atoms with van der Waals surface area (Å²) in [5, 5.41) is 2.92. The Morgan fingerprint density at radius 3 is 2.67 bits per heavy atom. The average molecular weight is 294 g/mol. The van der Waals surface area contributed by atoms with E-state index in [0.717, 1.165) is 18.4 Å². The number of carbonyl (C=O) groups is 1. The third-order valence-corrected chi connectivity index (χ3v) is 3.53. The quantitative estimate of drug-likeness (QED) is 0.796. The molecular formula is C16H23FN2O2. The Morgan fingerprint density at radius 1 is 1.43 bits per heavy atom. The first kappa shape index (κ1) is 15.9. The topological polar surface area (TPSA) is 41.6 Å². The van der Waals surface area contributed by atoms with Crippen LogP contribution in [-0.4, -0.2) is 43.2 Å². The minimum absolute atomic E-state index is 0.00793. The zero-order valence-electron chi connectivity index (χ0n) is 12.6. The lowest BCUT2D eigenvalue weighted by atomic mass is 10.2. The molecule has 0 radical (unpaired) electrons. The molecule has 1 saturated carbocycles. The van der Waals surface area contributed by atoms with E-state index in [1.54, 1.807) is 19.2 Å². The summed E-state index contributed by atoms with van der Waals surface area (Å²) in [5.41, 5.74) is 1.03. The molecule has 5 heteroatoms. The van der Waals surface area contributed by atoms with Crippen LogP contribution in [0.25, 0.3) is 0 Å². The van der Waals surface area contributed by atoms with Crippen LogP contribution < -0.4 is 5.32 Å². The van der Waals surface area contributed by atoms with Crippen LogP contribution in [0.15, 0.2) is 24.3 Å². The number of carbonyl (C=O) groups excluding carboxylic acids is 1. The van der Waals surface area contributed by atoms with Crippen molar-refractivity contribution in [2.45, 2.75) is 38.4 Å². The van der Waals surface area contributed by atoms with E-state index in [9.17, 15) is 9.18 Å². The standard InChI is InChI=1S/C16H23FN2O2/c1-12(11-21-2)18-16(20)10-19(15-7-8-15)9-13-3-5-14(17)6-4-13/h3-6,12,15H,7-11H2,1-2H3,(H,18,20)/t12-/m1/s1. The molecule has 0 bridgehead atoms. The van der Waals surface area contributed by atoms with Crippen LogP contribution >= 0.6 is 0 Å². The number of hydrogen-bond donors (Lipinski definition) is 1. The molecule has 1 aliphatic rings. The SMILES string of the molecule is COC[C@@H](C)NC(=O)CN(Cc1ccc(F)cc1)C1CC1. The molecular weight excluding hydrogens is 271 g/mol. The highest BCUT2D eigenvalue weighted by Crippen LogP contribution is 2.28. The number of benzene rings is 1. The van der Waals surface area contributed by atoms with Crippen molar-refractivity contribution in [3.8, 4) is 0 Å². The molecule has 1 aromatic rings.